The van der Waals surface area contributed by atoms with Gasteiger partial charge in [0.2, 0.25) is 11.8 Å². The molecule has 0 saturated carbocycles. The topological polar surface area (TPSA) is 114 Å². The van der Waals surface area contributed by atoms with Crippen LogP contribution in [0.5, 0.6) is 0 Å². The molecule has 1 N–H and O–H groups in total. The number of amides is 2. The maximum Gasteiger partial charge on any atom is 0.305 e. The van der Waals surface area contributed by atoms with E-state index in [1.165, 1.54) is 128 Å². The van der Waals surface area contributed by atoms with Crippen molar-refractivity contribution in [2.45, 2.75) is 194 Å². The molecule has 0 aromatic heterocycles. The first kappa shape index (κ1) is 53.5. The lowest BCUT2D eigenvalue weighted by Crippen LogP contribution is -2.33. The van der Waals surface area contributed by atoms with Gasteiger partial charge in [-0.1, -0.05) is 155 Å². The molecule has 2 amide bonds. The van der Waals surface area contributed by atoms with E-state index in [9.17, 15) is 19.2 Å². The van der Waals surface area contributed by atoms with E-state index >= 15 is 0 Å². The third-order valence-corrected chi connectivity index (χ3v) is 10.1. The number of nitrogens with zero attached hydrogens (tertiary/aromatic N) is 2. The summed E-state index contributed by atoms with van der Waals surface area (Å²) in [6, 6.07) is 0. The highest BCUT2D eigenvalue weighted by Crippen LogP contribution is 2.14. The summed E-state index contributed by atoms with van der Waals surface area (Å²) in [4.78, 5) is 53.6. The van der Waals surface area contributed by atoms with Crippen molar-refractivity contribution in [2.75, 3.05) is 66.7 Å². The number of carbonyl (C=O) groups excluding carboxylic acids is 4. The second-order valence-electron chi connectivity index (χ2n) is 15.8. The Hall–Kier alpha value is -2.46. The molecule has 0 saturated heterocycles. The minimum Gasteiger partial charge on any atom is -0.466 e. The van der Waals surface area contributed by atoms with E-state index < -0.39 is 0 Å². The molecule has 0 unspecified atom stereocenters. The van der Waals surface area contributed by atoms with Gasteiger partial charge in [-0.05, 0) is 39.8 Å². The molecular weight excluding hydrogens is 707 g/mol. The van der Waals surface area contributed by atoms with Crippen LogP contribution in [0, 0.1) is 0 Å². The van der Waals surface area contributed by atoms with Gasteiger partial charge in [0.15, 0.2) is 0 Å². The molecular formula is C46H87N3O7. The van der Waals surface area contributed by atoms with E-state index in [2.05, 4.69) is 19.2 Å². The minimum absolute atomic E-state index is 0.197. The van der Waals surface area contributed by atoms with Crippen LogP contribution >= 0.6 is 0 Å². The Labute approximate surface area is 344 Å². The van der Waals surface area contributed by atoms with E-state index in [1.54, 1.807) is 4.90 Å². The molecule has 0 radical (unpaired) electrons. The lowest BCUT2D eigenvalue weighted by atomic mass is 10.0. The first-order chi connectivity index (χ1) is 27.3. The van der Waals surface area contributed by atoms with Gasteiger partial charge in [0, 0.05) is 51.2 Å². The van der Waals surface area contributed by atoms with Gasteiger partial charge in [-0.3, -0.25) is 19.2 Å². The number of hydrogen-bond acceptors (Lipinski definition) is 8. The van der Waals surface area contributed by atoms with Crippen molar-refractivity contribution in [1.29, 1.82) is 0 Å². The maximum absolute atomic E-state index is 13.1. The van der Waals surface area contributed by atoms with Crippen molar-refractivity contribution in [2.24, 2.45) is 0 Å². The van der Waals surface area contributed by atoms with Crippen LogP contribution in [0.25, 0.3) is 0 Å². The highest BCUT2D eigenvalue weighted by Gasteiger charge is 2.13. The zero-order valence-corrected chi connectivity index (χ0v) is 36.9. The predicted molar refractivity (Wildman–Crippen MR) is 231 cm³/mol. The Morgan fingerprint density at radius 2 is 0.857 bits per heavy atom. The predicted octanol–water partition coefficient (Wildman–Crippen LogP) is 10.1. The first-order valence-electron chi connectivity index (χ1n) is 23.1. The van der Waals surface area contributed by atoms with Gasteiger partial charge in [-0.25, -0.2) is 0 Å². The molecule has 0 atom stereocenters. The summed E-state index contributed by atoms with van der Waals surface area (Å²) < 4.78 is 16.4. The normalized spacial score (nSPS) is 11.4. The summed E-state index contributed by atoms with van der Waals surface area (Å²) >= 11 is 0. The molecule has 0 bridgehead atoms. The summed E-state index contributed by atoms with van der Waals surface area (Å²) in [6.07, 6.45) is 34.2. The van der Waals surface area contributed by atoms with Crippen molar-refractivity contribution < 1.29 is 33.4 Å². The zero-order chi connectivity index (χ0) is 41.2. The van der Waals surface area contributed by atoms with Crippen LogP contribution < -0.4 is 5.32 Å². The van der Waals surface area contributed by atoms with E-state index in [-0.39, 0.29) is 37.0 Å². The van der Waals surface area contributed by atoms with Crippen LogP contribution in [0.2, 0.25) is 0 Å². The molecule has 0 heterocycles. The Balaban J connectivity index is 4.41. The summed E-state index contributed by atoms with van der Waals surface area (Å²) in [5, 5.41) is 2.73. The van der Waals surface area contributed by atoms with Crippen molar-refractivity contribution in [3.8, 4) is 0 Å². The molecule has 0 aliphatic carbocycles. The Bertz CT molecular complexity index is 911. The van der Waals surface area contributed by atoms with Crippen LogP contribution in [0.15, 0.2) is 12.2 Å². The molecule has 0 spiro atoms. The molecule has 10 nitrogen and oxygen atoms in total. The van der Waals surface area contributed by atoms with Gasteiger partial charge in [-0.2, -0.15) is 0 Å². The summed E-state index contributed by atoms with van der Waals surface area (Å²) in [5.74, 6) is -1.07. The molecule has 10 heteroatoms. The monoisotopic (exact) mass is 794 g/mol. The SMILES string of the molecule is CCCCCCCCCCCCCCC(=O)OCCCN(CCCOC(=O)CCCCCCCCCCCCCC)C(=O)C=CC(=O)NCCOCCN(C)C. The minimum atomic E-state index is -0.368. The smallest absolute Gasteiger partial charge is 0.305 e. The summed E-state index contributed by atoms with van der Waals surface area (Å²) in [7, 11) is 3.94. The van der Waals surface area contributed by atoms with Gasteiger partial charge in [-0.15, -0.1) is 0 Å². The fourth-order valence-electron chi connectivity index (χ4n) is 6.49. The molecule has 0 aromatic rings. The number of rotatable bonds is 42. The third-order valence-electron chi connectivity index (χ3n) is 10.1. The van der Waals surface area contributed by atoms with Crippen LogP contribution in [0.1, 0.15) is 194 Å². The fourth-order valence-corrected chi connectivity index (χ4v) is 6.49. The molecule has 0 aliphatic heterocycles. The van der Waals surface area contributed by atoms with Gasteiger partial charge < -0.3 is 29.3 Å². The number of unbranched alkanes of at least 4 members (excludes halogenated alkanes) is 22. The van der Waals surface area contributed by atoms with Crippen LogP contribution in [-0.2, 0) is 33.4 Å². The van der Waals surface area contributed by atoms with Gasteiger partial charge >= 0.3 is 11.9 Å². The Kier molecular flexibility index (Phi) is 40.3. The highest BCUT2D eigenvalue weighted by atomic mass is 16.5. The van der Waals surface area contributed by atoms with E-state index in [1.807, 2.05) is 19.0 Å². The number of hydrogen-bond donors (Lipinski definition) is 1. The molecule has 0 rings (SSSR count). The van der Waals surface area contributed by atoms with Crippen molar-refractivity contribution >= 4 is 23.8 Å². The Morgan fingerprint density at radius 1 is 0.464 bits per heavy atom. The molecule has 56 heavy (non-hydrogen) atoms. The number of ether oxygens (including phenoxy) is 3. The van der Waals surface area contributed by atoms with Crippen molar-refractivity contribution in [3.63, 3.8) is 0 Å². The first-order valence-corrected chi connectivity index (χ1v) is 23.1. The number of carbonyl (C=O) groups is 4. The highest BCUT2D eigenvalue weighted by molar-refractivity contribution is 5.96. The van der Waals surface area contributed by atoms with E-state index in [4.69, 9.17) is 14.2 Å². The number of nitrogens with one attached hydrogen (secondary N) is 1. The van der Waals surface area contributed by atoms with Crippen molar-refractivity contribution in [3.05, 3.63) is 12.2 Å². The van der Waals surface area contributed by atoms with Gasteiger partial charge in [0.25, 0.3) is 0 Å². The average molecular weight is 794 g/mol. The van der Waals surface area contributed by atoms with Crippen LogP contribution in [-0.4, -0.2) is 100 Å². The van der Waals surface area contributed by atoms with Gasteiger partial charge in [0.05, 0.1) is 26.4 Å². The van der Waals surface area contributed by atoms with Crippen LogP contribution in [0.3, 0.4) is 0 Å². The quantitative estimate of drug-likeness (QED) is 0.0369. The molecule has 0 aromatic carbocycles. The maximum atomic E-state index is 13.1. The Morgan fingerprint density at radius 3 is 1.25 bits per heavy atom. The molecule has 0 aliphatic rings. The van der Waals surface area contributed by atoms with Gasteiger partial charge in [0.1, 0.15) is 0 Å². The standard InChI is InChI=1S/C46H87N3O7/c1-5-7-9-11-13-15-17-19-21-23-25-27-31-45(52)55-39-29-36-49(44(51)34-33-43(50)47-35-41-54-42-38-48(3)4)37-30-40-56-46(53)32-28-26-24-22-20-18-16-14-12-10-8-6-2/h33-34H,5-32,35-42H2,1-4H3,(H,47,50). The van der Waals surface area contributed by atoms with Crippen molar-refractivity contribution in [1.82, 2.24) is 15.1 Å². The lowest BCUT2D eigenvalue weighted by molar-refractivity contribution is -0.144. The van der Waals surface area contributed by atoms with E-state index in [0.29, 0.717) is 58.5 Å². The van der Waals surface area contributed by atoms with Crippen LogP contribution in [0.4, 0.5) is 0 Å². The average Bonchev–Trinajstić information content (AvgIpc) is 3.18. The fraction of sp³-hybridized carbons (Fsp3) is 0.870. The zero-order valence-electron chi connectivity index (χ0n) is 36.9. The largest absolute Gasteiger partial charge is 0.466 e. The number of likely N-dealkylation sites (N-methyl/N-ethyl adjacent to an activating group) is 1. The second kappa shape index (κ2) is 42.2. The summed E-state index contributed by atoms with van der Waals surface area (Å²) in [6.45, 7) is 7.81. The molecule has 0 fully saturated rings. The molecule has 328 valence electrons. The third kappa shape index (κ3) is 39.8. The van der Waals surface area contributed by atoms with E-state index in [0.717, 1.165) is 45.1 Å². The lowest BCUT2D eigenvalue weighted by Gasteiger charge is -2.21. The second-order valence-corrected chi connectivity index (χ2v) is 15.8. The number of esters is 2. The summed E-state index contributed by atoms with van der Waals surface area (Å²) in [5.41, 5.74) is 0.